The molecule has 1 atom stereocenters. The number of halogens is 4. The Bertz CT molecular complexity index is 581. The Labute approximate surface area is 125 Å². The topological polar surface area (TPSA) is 20.2 Å². The molecule has 2 rings (SSSR count). The molecule has 0 aliphatic carbocycles. The van der Waals surface area contributed by atoms with E-state index in [0.717, 1.165) is 23.8 Å². The zero-order valence-corrected chi connectivity index (χ0v) is 11.9. The van der Waals surface area contributed by atoms with E-state index < -0.39 is 17.2 Å². The van der Waals surface area contributed by atoms with Crippen molar-refractivity contribution in [3.05, 3.63) is 70.2 Å². The average molecular weight is 317 g/mol. The Kier molecular flexibility index (Phi) is 4.63. The first kappa shape index (κ1) is 15.2. The van der Waals surface area contributed by atoms with Crippen molar-refractivity contribution in [2.24, 2.45) is 0 Å². The number of hydrogen-bond acceptors (Lipinski definition) is 1. The zero-order valence-electron chi connectivity index (χ0n) is 10.4. The van der Waals surface area contributed by atoms with E-state index in [2.05, 4.69) is 0 Å². The lowest BCUT2D eigenvalue weighted by Gasteiger charge is -2.26. The maximum Gasteiger partial charge on any atom is 0.126 e. The summed E-state index contributed by atoms with van der Waals surface area (Å²) in [6, 6.07) is 9.74. The van der Waals surface area contributed by atoms with E-state index in [9.17, 15) is 13.9 Å². The van der Waals surface area contributed by atoms with Gasteiger partial charge in [0.15, 0.2) is 0 Å². The lowest BCUT2D eigenvalue weighted by Crippen LogP contribution is -2.31. The molecule has 5 heteroatoms. The van der Waals surface area contributed by atoms with E-state index in [1.165, 1.54) is 0 Å². The fraction of sp³-hybridized carbons (Fsp3) is 0.200. The van der Waals surface area contributed by atoms with Gasteiger partial charge < -0.3 is 5.11 Å². The summed E-state index contributed by atoms with van der Waals surface area (Å²) >= 11 is 11.6. The highest BCUT2D eigenvalue weighted by atomic mass is 35.5. The molecule has 0 bridgehead atoms. The fourth-order valence-electron chi connectivity index (χ4n) is 1.99. The highest BCUT2D eigenvalue weighted by Crippen LogP contribution is 2.29. The molecular weight excluding hydrogens is 305 g/mol. The van der Waals surface area contributed by atoms with Crippen LogP contribution in [0, 0.1) is 11.6 Å². The molecule has 0 fully saturated rings. The van der Waals surface area contributed by atoms with Crippen LogP contribution in [-0.2, 0) is 12.0 Å². The first-order valence-electron chi connectivity index (χ1n) is 5.92. The quantitative estimate of drug-likeness (QED) is 0.834. The lowest BCUT2D eigenvalue weighted by atomic mass is 9.89. The summed E-state index contributed by atoms with van der Waals surface area (Å²) in [7, 11) is 0. The van der Waals surface area contributed by atoms with Crippen molar-refractivity contribution in [1.82, 2.24) is 0 Å². The van der Waals surface area contributed by atoms with Crippen LogP contribution in [0.3, 0.4) is 0 Å². The summed E-state index contributed by atoms with van der Waals surface area (Å²) < 4.78 is 26.5. The molecule has 1 N–H and O–H groups in total. The monoisotopic (exact) mass is 316 g/mol. The van der Waals surface area contributed by atoms with Gasteiger partial charge >= 0.3 is 0 Å². The molecule has 106 valence electrons. The van der Waals surface area contributed by atoms with Crippen LogP contribution in [0.25, 0.3) is 0 Å². The van der Waals surface area contributed by atoms with Crippen LogP contribution in [0.5, 0.6) is 0 Å². The van der Waals surface area contributed by atoms with Gasteiger partial charge in [0.1, 0.15) is 17.2 Å². The third-order valence-electron chi connectivity index (χ3n) is 3.03. The van der Waals surface area contributed by atoms with Gasteiger partial charge in [-0.3, -0.25) is 0 Å². The minimum atomic E-state index is -1.54. The molecule has 20 heavy (non-hydrogen) atoms. The second-order valence-electron chi connectivity index (χ2n) is 4.63. The molecule has 2 aromatic carbocycles. The first-order valence-corrected chi connectivity index (χ1v) is 6.83. The summed E-state index contributed by atoms with van der Waals surface area (Å²) in [6.45, 7) is 0. The maximum absolute atomic E-state index is 13.3. The molecule has 0 saturated carbocycles. The molecule has 2 aromatic rings. The molecule has 0 radical (unpaired) electrons. The second-order valence-corrected chi connectivity index (χ2v) is 5.33. The summed E-state index contributed by atoms with van der Waals surface area (Å²) in [5, 5.41) is 11.1. The largest absolute Gasteiger partial charge is 0.384 e. The summed E-state index contributed by atoms with van der Waals surface area (Å²) in [5.41, 5.74) is -0.666. The van der Waals surface area contributed by atoms with E-state index >= 15 is 0 Å². The van der Waals surface area contributed by atoms with Gasteiger partial charge in [-0.25, -0.2) is 8.78 Å². The van der Waals surface area contributed by atoms with Gasteiger partial charge in [-0.2, -0.15) is 0 Å². The third kappa shape index (κ3) is 3.48. The van der Waals surface area contributed by atoms with E-state index in [1.54, 1.807) is 24.3 Å². The molecule has 1 nitrogen and oxygen atoms in total. The number of benzene rings is 2. The van der Waals surface area contributed by atoms with Crippen molar-refractivity contribution in [3.63, 3.8) is 0 Å². The summed E-state index contributed by atoms with van der Waals surface area (Å²) in [6.07, 6.45) is 0.135. The number of rotatable bonds is 4. The SMILES string of the molecule is OC(CCl)(Cc1ccc(Cl)cc1)c1cc(F)cc(F)c1. The summed E-state index contributed by atoms with van der Waals surface area (Å²) in [4.78, 5) is 0. The van der Waals surface area contributed by atoms with Crippen LogP contribution in [0.15, 0.2) is 42.5 Å². The highest BCUT2D eigenvalue weighted by molar-refractivity contribution is 6.30. The zero-order chi connectivity index (χ0) is 14.8. The van der Waals surface area contributed by atoms with Crippen LogP contribution in [0.1, 0.15) is 11.1 Å². The van der Waals surface area contributed by atoms with Gasteiger partial charge in [-0.15, -0.1) is 11.6 Å². The minimum Gasteiger partial charge on any atom is -0.384 e. The fourth-order valence-corrected chi connectivity index (χ4v) is 2.36. The van der Waals surface area contributed by atoms with Gasteiger partial charge in [0.05, 0.1) is 5.88 Å². The Hall–Kier alpha value is -1.16. The third-order valence-corrected chi connectivity index (χ3v) is 3.72. The normalized spacial score (nSPS) is 14.1. The maximum atomic E-state index is 13.3. The van der Waals surface area contributed by atoms with Gasteiger partial charge in [-0.05, 0) is 35.4 Å². The van der Waals surface area contributed by atoms with Crippen molar-refractivity contribution in [2.45, 2.75) is 12.0 Å². The van der Waals surface area contributed by atoms with Gasteiger partial charge in [0, 0.05) is 17.5 Å². The predicted molar refractivity (Wildman–Crippen MR) is 76.1 cm³/mol. The molecule has 0 heterocycles. The second kappa shape index (κ2) is 6.08. The average Bonchev–Trinajstić information content (AvgIpc) is 2.40. The Morgan fingerprint density at radius 1 is 1.00 bits per heavy atom. The molecule has 0 aliphatic heterocycles. The first-order chi connectivity index (χ1) is 9.43. The van der Waals surface area contributed by atoms with Crippen LogP contribution >= 0.6 is 23.2 Å². The van der Waals surface area contributed by atoms with Crippen molar-refractivity contribution < 1.29 is 13.9 Å². The number of alkyl halides is 1. The molecule has 0 spiro atoms. The highest BCUT2D eigenvalue weighted by Gasteiger charge is 2.29. The standard InChI is InChI=1S/C15H12Cl2F2O/c16-9-15(20,8-10-1-3-12(17)4-2-10)11-5-13(18)7-14(19)6-11/h1-7,20H,8-9H2. The van der Waals surface area contributed by atoms with Crippen LogP contribution < -0.4 is 0 Å². The molecule has 1 unspecified atom stereocenters. The lowest BCUT2D eigenvalue weighted by molar-refractivity contribution is 0.0607. The number of hydrogen-bond donors (Lipinski definition) is 1. The van der Waals surface area contributed by atoms with Gasteiger partial charge in [0.25, 0.3) is 0 Å². The smallest absolute Gasteiger partial charge is 0.126 e. The van der Waals surface area contributed by atoms with Gasteiger partial charge in [0.2, 0.25) is 0 Å². The molecular formula is C15H12Cl2F2O. The van der Waals surface area contributed by atoms with Crippen molar-refractivity contribution in [1.29, 1.82) is 0 Å². The van der Waals surface area contributed by atoms with Gasteiger partial charge in [-0.1, -0.05) is 23.7 Å². The molecule has 0 aliphatic rings. The molecule has 0 amide bonds. The van der Waals surface area contributed by atoms with E-state index in [1.807, 2.05) is 0 Å². The van der Waals surface area contributed by atoms with Crippen LogP contribution in [0.4, 0.5) is 8.78 Å². The van der Waals surface area contributed by atoms with Crippen LogP contribution in [0.2, 0.25) is 5.02 Å². The van der Waals surface area contributed by atoms with E-state index in [-0.39, 0.29) is 17.9 Å². The molecule has 0 aromatic heterocycles. The molecule has 0 saturated heterocycles. The summed E-state index contributed by atoms with van der Waals surface area (Å²) in [5.74, 6) is -1.68. The van der Waals surface area contributed by atoms with Crippen molar-refractivity contribution in [2.75, 3.05) is 5.88 Å². The Morgan fingerprint density at radius 2 is 1.55 bits per heavy atom. The number of aliphatic hydroxyl groups is 1. The van der Waals surface area contributed by atoms with Crippen molar-refractivity contribution >= 4 is 23.2 Å². The Balaban J connectivity index is 2.35. The van der Waals surface area contributed by atoms with E-state index in [0.29, 0.717) is 5.02 Å². The Morgan fingerprint density at radius 3 is 2.05 bits per heavy atom. The van der Waals surface area contributed by atoms with Crippen LogP contribution in [-0.4, -0.2) is 11.0 Å². The van der Waals surface area contributed by atoms with E-state index in [4.69, 9.17) is 23.2 Å². The predicted octanol–water partition coefficient (Wildman–Crippen LogP) is 4.29. The minimum absolute atomic E-state index is 0.111. The van der Waals surface area contributed by atoms with Crippen molar-refractivity contribution in [3.8, 4) is 0 Å².